The molecule has 0 radical (unpaired) electrons. The van der Waals surface area contributed by atoms with Crippen molar-refractivity contribution >= 4 is 12.2 Å². The van der Waals surface area contributed by atoms with Crippen LogP contribution in [0.5, 0.6) is 0 Å². The van der Waals surface area contributed by atoms with Crippen molar-refractivity contribution in [3.8, 4) is 0 Å². The van der Waals surface area contributed by atoms with Crippen LogP contribution < -0.4 is 47.9 Å². The average molecular weight is 271 g/mol. The Hall–Kier alpha value is -0.305. The molecule has 0 aliphatic carbocycles. The molecule has 1 aliphatic rings. The van der Waals surface area contributed by atoms with Gasteiger partial charge in [0.05, 0.1) is 0 Å². The number of carboxylic acid groups (broad SMARTS) is 2. The minimum atomic E-state index is -1.26. The van der Waals surface area contributed by atoms with Gasteiger partial charge in [0.15, 0.2) is 0 Å². The van der Waals surface area contributed by atoms with Gasteiger partial charge in [0, 0.05) is 45.3 Å². The molecular weight excluding hydrogens is 252 g/mol. The van der Waals surface area contributed by atoms with Crippen LogP contribution in [0.2, 0.25) is 0 Å². The van der Waals surface area contributed by atoms with Gasteiger partial charge >= 0.3 is 37.7 Å². The Morgan fingerprint density at radius 2 is 1.10 bits per heavy atom. The fourth-order valence-corrected chi connectivity index (χ4v) is 1.96. The minimum absolute atomic E-state index is 0. The fraction of sp³-hybridized carbons (Fsp3) is 0.818. The van der Waals surface area contributed by atoms with E-state index in [4.69, 9.17) is 0 Å². The summed E-state index contributed by atoms with van der Waals surface area (Å²) >= 11 is 0. The first-order valence-corrected chi connectivity index (χ1v) is 6.07. The van der Waals surface area contributed by atoms with Crippen molar-refractivity contribution in [1.82, 2.24) is 14.7 Å². The zero-order chi connectivity index (χ0) is 13.7. The van der Waals surface area contributed by atoms with Crippen LogP contribution in [0.15, 0.2) is 0 Å². The molecule has 0 bridgehead atoms. The Labute approximate surface area is 143 Å². The second-order valence-electron chi connectivity index (χ2n) is 4.64. The number of rotatable bonds is 1. The maximum Gasteiger partial charge on any atom is 1.00 e. The number of amides is 2. The molecule has 1 rings (SSSR count). The van der Waals surface area contributed by atoms with Gasteiger partial charge in [-0.3, -0.25) is 4.90 Å². The van der Waals surface area contributed by atoms with E-state index < -0.39 is 12.2 Å². The Kier molecular flexibility index (Phi) is 11.5. The molecule has 0 N–H and O–H groups in total. The normalized spacial score (nSPS) is 17.4. The fourth-order valence-electron chi connectivity index (χ4n) is 1.96. The molecule has 0 unspecified atom stereocenters. The maximum atomic E-state index is 10.9. The summed E-state index contributed by atoms with van der Waals surface area (Å²) in [6.45, 7) is 6.06. The molecule has 1 fully saturated rings. The summed E-state index contributed by atoms with van der Waals surface area (Å²) in [6, 6.07) is 0.232. The van der Waals surface area contributed by atoms with E-state index >= 15 is 0 Å². The zero-order valence-electron chi connectivity index (χ0n) is 12.8. The third-order valence-corrected chi connectivity index (χ3v) is 3.20. The van der Waals surface area contributed by atoms with E-state index in [9.17, 15) is 19.8 Å². The molecule has 9 heteroatoms. The van der Waals surface area contributed by atoms with E-state index in [1.807, 2.05) is 18.7 Å². The molecule has 104 valence electrons. The second-order valence-corrected chi connectivity index (χ2v) is 4.64. The first kappa shape index (κ1) is 22.0. The third-order valence-electron chi connectivity index (χ3n) is 3.20. The number of nitrogens with zero attached hydrogens (tertiary/aromatic N) is 3. The van der Waals surface area contributed by atoms with Gasteiger partial charge < -0.3 is 29.6 Å². The van der Waals surface area contributed by atoms with Crippen LogP contribution >= 0.6 is 0 Å². The summed E-state index contributed by atoms with van der Waals surface area (Å²) in [6.07, 6.45) is -2.53. The number of hydrogen-bond acceptors (Lipinski definition) is 5. The van der Waals surface area contributed by atoms with Crippen molar-refractivity contribution in [2.45, 2.75) is 19.9 Å². The van der Waals surface area contributed by atoms with Crippen LogP contribution in [0.4, 0.5) is 9.59 Å². The van der Waals surface area contributed by atoms with E-state index in [1.165, 1.54) is 0 Å². The van der Waals surface area contributed by atoms with Gasteiger partial charge in [0.25, 0.3) is 0 Å². The molecule has 0 aromatic carbocycles. The largest absolute Gasteiger partial charge is 1.00 e. The third kappa shape index (κ3) is 6.92. The van der Waals surface area contributed by atoms with Crippen LogP contribution in [0.3, 0.4) is 0 Å². The predicted octanol–water partition coefficient (Wildman–Crippen LogP) is -7.99. The van der Waals surface area contributed by atoms with Gasteiger partial charge in [-0.05, 0) is 13.8 Å². The van der Waals surface area contributed by atoms with E-state index in [-0.39, 0.29) is 56.9 Å². The summed E-state index contributed by atoms with van der Waals surface area (Å²) in [5.74, 6) is 0. The summed E-state index contributed by atoms with van der Waals surface area (Å²) in [5.41, 5.74) is 0. The zero-order valence-corrected chi connectivity index (χ0v) is 12.8. The van der Waals surface area contributed by atoms with Gasteiger partial charge in [-0.25, -0.2) is 0 Å². The van der Waals surface area contributed by atoms with Crippen molar-refractivity contribution < 1.29 is 57.5 Å². The van der Waals surface area contributed by atoms with Crippen LogP contribution in [0.25, 0.3) is 0 Å². The molecule has 1 heterocycles. The summed E-state index contributed by atoms with van der Waals surface area (Å²) < 4.78 is 0. The van der Waals surface area contributed by atoms with E-state index in [2.05, 4.69) is 0 Å². The second kappa shape index (κ2) is 10.4. The average Bonchev–Trinajstić information content (AvgIpc) is 2.37. The molecule has 20 heavy (non-hydrogen) atoms. The molecule has 1 aliphatic heterocycles. The topological polar surface area (TPSA) is 90.0 Å². The molecule has 0 aromatic heterocycles. The van der Waals surface area contributed by atoms with Crippen LogP contribution in [0, 0.1) is 0 Å². The van der Waals surface area contributed by atoms with Gasteiger partial charge in [-0.2, -0.15) is 0 Å². The number of hydrogen-bond donors (Lipinski definition) is 0. The van der Waals surface area contributed by atoms with Crippen LogP contribution in [-0.2, 0) is 0 Å². The molecule has 0 saturated carbocycles. The molecular formula is C11H19Li2N3O4. The van der Waals surface area contributed by atoms with Crippen molar-refractivity contribution in [2.24, 2.45) is 0 Å². The molecule has 0 atom stereocenters. The van der Waals surface area contributed by atoms with Gasteiger partial charge in [-0.15, -0.1) is 0 Å². The summed E-state index contributed by atoms with van der Waals surface area (Å²) in [5, 5.41) is 21.8. The van der Waals surface area contributed by atoms with Gasteiger partial charge in [0.1, 0.15) is 12.2 Å². The van der Waals surface area contributed by atoms with E-state index in [1.54, 1.807) is 0 Å². The SMILES string of the molecule is CC(C)N1CCN(C(=O)[O-])CCN(C(=O)[O-])CC1.[Li+].[Li+]. The monoisotopic (exact) mass is 271 g/mol. The smallest absolute Gasteiger partial charge is 0.530 e. The standard InChI is InChI=1S/C11H21N3O4.2Li/c1-9(2)12-3-5-13(10(15)16)7-8-14(6-4-12)11(17)18;;/h9H,3-8H2,1-2H3,(H,15,16)(H,17,18);;/q;2*+1/p-2. The first-order chi connectivity index (χ1) is 8.41. The Bertz CT molecular complexity index is 292. The Morgan fingerprint density at radius 1 is 0.800 bits per heavy atom. The van der Waals surface area contributed by atoms with Gasteiger partial charge in [0.2, 0.25) is 0 Å². The molecule has 7 nitrogen and oxygen atoms in total. The maximum absolute atomic E-state index is 10.9. The first-order valence-electron chi connectivity index (χ1n) is 6.07. The molecule has 0 spiro atoms. The molecule has 0 aromatic rings. The molecule has 1 saturated heterocycles. The Morgan fingerprint density at radius 3 is 1.35 bits per heavy atom. The summed E-state index contributed by atoms with van der Waals surface area (Å²) in [4.78, 5) is 26.1. The van der Waals surface area contributed by atoms with Crippen LogP contribution in [0.1, 0.15) is 13.8 Å². The minimum Gasteiger partial charge on any atom is -0.530 e. The van der Waals surface area contributed by atoms with E-state index in [0.29, 0.717) is 26.2 Å². The number of carbonyl (C=O) groups is 2. The van der Waals surface area contributed by atoms with Crippen molar-refractivity contribution in [1.29, 1.82) is 0 Å². The van der Waals surface area contributed by atoms with E-state index in [0.717, 1.165) is 9.80 Å². The Balaban J connectivity index is 0. The van der Waals surface area contributed by atoms with Crippen LogP contribution in [-0.4, -0.2) is 72.2 Å². The van der Waals surface area contributed by atoms with Crippen molar-refractivity contribution in [2.75, 3.05) is 39.3 Å². The van der Waals surface area contributed by atoms with Gasteiger partial charge in [-0.1, -0.05) is 0 Å². The van der Waals surface area contributed by atoms with Crippen molar-refractivity contribution in [3.63, 3.8) is 0 Å². The quantitative estimate of drug-likeness (QED) is 0.442. The van der Waals surface area contributed by atoms with Crippen molar-refractivity contribution in [3.05, 3.63) is 0 Å². The molecule has 2 amide bonds. The predicted molar refractivity (Wildman–Crippen MR) is 60.6 cm³/mol. The number of carbonyl (C=O) groups excluding carboxylic acids is 2. The summed E-state index contributed by atoms with van der Waals surface area (Å²) in [7, 11) is 0.